The Morgan fingerprint density at radius 3 is 3.04 bits per heavy atom. The smallest absolute Gasteiger partial charge is 0.149 e. The van der Waals surface area contributed by atoms with Crippen molar-refractivity contribution in [3.8, 4) is 0 Å². The fourth-order valence-electron chi connectivity index (χ4n) is 4.03. The summed E-state index contributed by atoms with van der Waals surface area (Å²) in [6.07, 6.45) is 4.15. The van der Waals surface area contributed by atoms with Gasteiger partial charge in [-0.1, -0.05) is 12.1 Å². The quantitative estimate of drug-likeness (QED) is 0.925. The van der Waals surface area contributed by atoms with Gasteiger partial charge in [0.15, 0.2) is 0 Å². The zero-order chi connectivity index (χ0) is 15.8. The molecule has 2 aromatic rings. The van der Waals surface area contributed by atoms with Crippen LogP contribution >= 0.6 is 0 Å². The van der Waals surface area contributed by atoms with Gasteiger partial charge in [-0.2, -0.15) is 0 Å². The molecule has 0 spiro atoms. The summed E-state index contributed by atoms with van der Waals surface area (Å²) in [4.78, 5) is 6.50. The average molecular weight is 316 g/mol. The van der Waals surface area contributed by atoms with E-state index < -0.39 is 0 Å². The molecule has 4 rings (SSSR count). The molecule has 2 aliphatic heterocycles. The molecule has 1 aromatic heterocycles. The van der Waals surface area contributed by atoms with Crippen LogP contribution in [0.3, 0.4) is 0 Å². The number of aliphatic hydroxyl groups excluding tert-OH is 1. The standard InChI is InChI=1S/C18H21FN2O2/c19-14-4-1-3-12-16(6-8-20-18(12)14)21-9-2-5-15(21)13-11-23-10-7-17(13)22/h1,3-4,6,8,13,15,17,22H,2,5,7,9-11H2/t13-,15+,17-/m1/s1. The van der Waals surface area contributed by atoms with Crippen LogP contribution in [0.15, 0.2) is 30.5 Å². The lowest BCUT2D eigenvalue weighted by Gasteiger charge is -2.38. The number of hydrogen-bond acceptors (Lipinski definition) is 4. The predicted molar refractivity (Wildman–Crippen MR) is 87.0 cm³/mol. The molecule has 2 saturated heterocycles. The van der Waals surface area contributed by atoms with Crippen molar-refractivity contribution >= 4 is 16.6 Å². The molecule has 0 bridgehead atoms. The molecule has 23 heavy (non-hydrogen) atoms. The molecule has 3 atom stereocenters. The molecule has 3 heterocycles. The van der Waals surface area contributed by atoms with Gasteiger partial charge in [0.05, 0.1) is 12.7 Å². The van der Waals surface area contributed by atoms with Crippen molar-refractivity contribution in [1.82, 2.24) is 4.98 Å². The third-order valence-electron chi connectivity index (χ3n) is 5.16. The molecular weight excluding hydrogens is 295 g/mol. The summed E-state index contributed by atoms with van der Waals surface area (Å²) >= 11 is 0. The summed E-state index contributed by atoms with van der Waals surface area (Å²) in [5, 5.41) is 11.2. The molecule has 0 aliphatic carbocycles. The number of para-hydroxylation sites is 1. The van der Waals surface area contributed by atoms with Crippen LogP contribution in [0.1, 0.15) is 19.3 Å². The lowest BCUT2D eigenvalue weighted by Crippen LogP contribution is -2.46. The third-order valence-corrected chi connectivity index (χ3v) is 5.16. The van der Waals surface area contributed by atoms with E-state index in [2.05, 4.69) is 9.88 Å². The van der Waals surface area contributed by atoms with Gasteiger partial charge in [0.2, 0.25) is 0 Å². The number of anilines is 1. The predicted octanol–water partition coefficient (Wildman–Crippen LogP) is 2.74. The number of rotatable bonds is 2. The van der Waals surface area contributed by atoms with Crippen molar-refractivity contribution in [3.63, 3.8) is 0 Å². The largest absolute Gasteiger partial charge is 0.393 e. The number of aliphatic hydroxyl groups is 1. The van der Waals surface area contributed by atoms with Crippen LogP contribution in [-0.2, 0) is 4.74 Å². The van der Waals surface area contributed by atoms with E-state index >= 15 is 0 Å². The maximum Gasteiger partial charge on any atom is 0.149 e. The van der Waals surface area contributed by atoms with Crippen molar-refractivity contribution in [3.05, 3.63) is 36.3 Å². The minimum Gasteiger partial charge on any atom is -0.393 e. The molecule has 4 nitrogen and oxygen atoms in total. The van der Waals surface area contributed by atoms with Crippen LogP contribution in [0.5, 0.6) is 0 Å². The first kappa shape index (κ1) is 14.8. The average Bonchev–Trinajstić information content (AvgIpc) is 3.04. The van der Waals surface area contributed by atoms with E-state index in [-0.39, 0.29) is 23.9 Å². The van der Waals surface area contributed by atoms with Gasteiger partial charge in [-0.3, -0.25) is 4.98 Å². The van der Waals surface area contributed by atoms with Crippen LogP contribution in [0.25, 0.3) is 10.9 Å². The SMILES string of the molecule is O[C@@H]1CCOC[C@@H]1[C@@H]1CCCN1c1ccnc2c(F)cccc12. The van der Waals surface area contributed by atoms with Crippen LogP contribution in [-0.4, -0.2) is 42.0 Å². The maximum absolute atomic E-state index is 14.0. The minimum absolute atomic E-state index is 0.114. The fourth-order valence-corrected chi connectivity index (χ4v) is 4.03. The van der Waals surface area contributed by atoms with Crippen molar-refractivity contribution in [2.45, 2.75) is 31.4 Å². The fraction of sp³-hybridized carbons (Fsp3) is 0.500. The van der Waals surface area contributed by atoms with Crippen molar-refractivity contribution < 1.29 is 14.2 Å². The first-order valence-corrected chi connectivity index (χ1v) is 8.31. The Labute approximate surface area is 134 Å². The van der Waals surface area contributed by atoms with Gasteiger partial charge in [0.1, 0.15) is 11.3 Å². The maximum atomic E-state index is 14.0. The van der Waals surface area contributed by atoms with Crippen molar-refractivity contribution in [1.29, 1.82) is 0 Å². The summed E-state index contributed by atoms with van der Waals surface area (Å²) in [6, 6.07) is 7.28. The number of ether oxygens (including phenoxy) is 1. The Morgan fingerprint density at radius 2 is 2.17 bits per heavy atom. The highest BCUT2D eigenvalue weighted by Crippen LogP contribution is 2.36. The van der Waals surface area contributed by atoms with Crippen LogP contribution in [0, 0.1) is 11.7 Å². The normalized spacial score (nSPS) is 28.4. The number of hydrogen-bond donors (Lipinski definition) is 1. The number of halogens is 1. The molecule has 2 fully saturated rings. The van der Waals surface area contributed by atoms with Gasteiger partial charge < -0.3 is 14.7 Å². The Balaban J connectivity index is 1.73. The van der Waals surface area contributed by atoms with Gasteiger partial charge in [0.25, 0.3) is 0 Å². The minimum atomic E-state index is -0.320. The molecule has 2 aliphatic rings. The van der Waals surface area contributed by atoms with E-state index in [0.29, 0.717) is 25.2 Å². The van der Waals surface area contributed by atoms with Gasteiger partial charge >= 0.3 is 0 Å². The topological polar surface area (TPSA) is 45.6 Å². The summed E-state index contributed by atoms with van der Waals surface area (Å²) in [5.41, 5.74) is 1.42. The summed E-state index contributed by atoms with van der Waals surface area (Å²) < 4.78 is 19.6. The number of pyridine rings is 1. The lowest BCUT2D eigenvalue weighted by molar-refractivity contribution is -0.0437. The highest BCUT2D eigenvalue weighted by atomic mass is 19.1. The lowest BCUT2D eigenvalue weighted by atomic mass is 9.89. The molecule has 1 N–H and O–H groups in total. The second kappa shape index (κ2) is 6.06. The Hall–Kier alpha value is -1.72. The summed E-state index contributed by atoms with van der Waals surface area (Å²) in [7, 11) is 0. The molecular formula is C18H21FN2O2. The number of fused-ring (bicyclic) bond motifs is 1. The van der Waals surface area contributed by atoms with Crippen molar-refractivity contribution in [2.24, 2.45) is 5.92 Å². The van der Waals surface area contributed by atoms with Gasteiger partial charge in [-0.25, -0.2) is 4.39 Å². The van der Waals surface area contributed by atoms with Crippen LogP contribution in [0.2, 0.25) is 0 Å². The molecule has 0 unspecified atom stereocenters. The van der Waals surface area contributed by atoms with Crippen molar-refractivity contribution in [2.75, 3.05) is 24.7 Å². The van der Waals surface area contributed by atoms with E-state index in [0.717, 1.165) is 30.5 Å². The van der Waals surface area contributed by atoms with Gasteiger partial charge in [-0.15, -0.1) is 0 Å². The zero-order valence-corrected chi connectivity index (χ0v) is 13.0. The van der Waals surface area contributed by atoms with Crippen LogP contribution in [0.4, 0.5) is 10.1 Å². The summed E-state index contributed by atoms with van der Waals surface area (Å²) in [6.45, 7) is 2.15. The molecule has 1 aromatic carbocycles. The highest BCUT2D eigenvalue weighted by molar-refractivity contribution is 5.92. The molecule has 5 heteroatoms. The molecule has 0 saturated carbocycles. The Morgan fingerprint density at radius 1 is 1.26 bits per heavy atom. The first-order chi connectivity index (χ1) is 11.3. The van der Waals surface area contributed by atoms with E-state index in [1.54, 1.807) is 12.3 Å². The number of aromatic nitrogens is 1. The first-order valence-electron chi connectivity index (χ1n) is 8.31. The van der Waals surface area contributed by atoms with E-state index in [1.807, 2.05) is 12.1 Å². The Kier molecular flexibility index (Phi) is 3.91. The number of benzene rings is 1. The monoisotopic (exact) mass is 316 g/mol. The Bertz CT molecular complexity index is 708. The molecule has 122 valence electrons. The third kappa shape index (κ3) is 2.58. The summed E-state index contributed by atoms with van der Waals surface area (Å²) in [5.74, 6) is -0.177. The van der Waals surface area contributed by atoms with E-state index in [1.165, 1.54) is 6.07 Å². The molecule has 0 radical (unpaired) electrons. The second-order valence-corrected chi connectivity index (χ2v) is 6.46. The van der Waals surface area contributed by atoms with Crippen LogP contribution < -0.4 is 4.90 Å². The van der Waals surface area contributed by atoms with E-state index in [4.69, 9.17) is 4.74 Å². The van der Waals surface area contributed by atoms with Gasteiger partial charge in [0, 0.05) is 42.4 Å². The molecule has 0 amide bonds. The number of nitrogens with zero attached hydrogens (tertiary/aromatic N) is 2. The highest BCUT2D eigenvalue weighted by Gasteiger charge is 2.38. The van der Waals surface area contributed by atoms with E-state index in [9.17, 15) is 9.50 Å². The zero-order valence-electron chi connectivity index (χ0n) is 13.0. The second-order valence-electron chi connectivity index (χ2n) is 6.46. The van der Waals surface area contributed by atoms with Gasteiger partial charge in [-0.05, 0) is 31.4 Å².